The topological polar surface area (TPSA) is 174 Å². The van der Waals surface area contributed by atoms with Crippen molar-refractivity contribution in [1.29, 1.82) is 0 Å². The molecule has 0 aromatic carbocycles. The maximum atomic E-state index is 8.89. The van der Waals surface area contributed by atoms with Gasteiger partial charge in [-0.05, 0) is 20.8 Å². The summed E-state index contributed by atoms with van der Waals surface area (Å²) in [6, 6.07) is 0. The van der Waals surface area contributed by atoms with Gasteiger partial charge in [-0.15, -0.1) is 0 Å². The first-order chi connectivity index (χ1) is 6.20. The van der Waals surface area contributed by atoms with Gasteiger partial charge in [-0.1, -0.05) is 0 Å². The minimum absolute atomic E-state index is 0. The molecule has 0 bridgehead atoms. The number of carboxylic acid groups (broad SMARTS) is 3. The fourth-order valence-corrected chi connectivity index (χ4v) is 0. The van der Waals surface area contributed by atoms with E-state index in [0.717, 1.165) is 20.8 Å². The van der Waals surface area contributed by atoms with Crippen molar-refractivity contribution in [2.45, 2.75) is 20.8 Å². The van der Waals surface area contributed by atoms with Gasteiger partial charge in [-0.25, -0.2) is 0 Å². The Labute approximate surface area is 102 Å². The van der Waals surface area contributed by atoms with Crippen LogP contribution in [-0.4, -0.2) is 17.9 Å². The van der Waals surface area contributed by atoms with Crippen molar-refractivity contribution in [2.24, 2.45) is 0 Å². The molecule has 0 aliphatic carbocycles. The standard InChI is InChI=1S/3C2H4O2.H3N.O.Zr/c3*1-2(3)4;;;/h3*1H3,(H,3,4);1H3;;/q;;;;;+2/p-2. The van der Waals surface area contributed by atoms with Crippen LogP contribution in [0.1, 0.15) is 20.8 Å². The van der Waals surface area contributed by atoms with E-state index in [4.69, 9.17) is 32.5 Å². The van der Waals surface area contributed by atoms with E-state index in [9.17, 15) is 0 Å². The van der Waals surface area contributed by atoms with Gasteiger partial charge in [-0.2, -0.15) is 0 Å². The Bertz CT molecular complexity index is 132. The van der Waals surface area contributed by atoms with E-state index in [1.807, 2.05) is 0 Å². The van der Waals surface area contributed by atoms with Crippen molar-refractivity contribution < 1.29 is 57.2 Å². The second-order valence-corrected chi connectivity index (χ2v) is 1.47. The van der Waals surface area contributed by atoms with Gasteiger partial charge in [0.1, 0.15) is 0 Å². The Morgan fingerprint density at radius 2 is 0.733 bits per heavy atom. The average molecular weight is 302 g/mol. The maximum absolute atomic E-state index is 8.89. The van der Waals surface area contributed by atoms with Crippen LogP contribution in [0.15, 0.2) is 0 Å². The zero-order valence-corrected chi connectivity index (χ0v) is 11.3. The van der Waals surface area contributed by atoms with Gasteiger partial charge in [0.25, 0.3) is 0 Å². The number of hydrogen-bond acceptors (Lipinski definition) is 7. The second kappa shape index (κ2) is 29.2. The van der Waals surface area contributed by atoms with Crippen LogP contribution in [0, 0.1) is 0 Å². The molecule has 0 fully saturated rings. The van der Waals surface area contributed by atoms with Crippen LogP contribution in [0.5, 0.6) is 0 Å². The van der Waals surface area contributed by atoms with Crippen molar-refractivity contribution in [3.8, 4) is 0 Å². The zero-order chi connectivity index (χ0) is 12.7. The van der Waals surface area contributed by atoms with Gasteiger partial charge in [0.05, 0.1) is 0 Å². The predicted octanol–water partition coefficient (Wildman–Crippen LogP) is -3.48. The molecule has 88 valence electrons. The van der Waals surface area contributed by atoms with Gasteiger partial charge in [0, 0.05) is 17.9 Å². The molecule has 0 amide bonds. The molecule has 0 aliphatic heterocycles. The first kappa shape index (κ1) is 29.2. The van der Waals surface area contributed by atoms with E-state index in [1.54, 1.807) is 0 Å². The molecule has 15 heavy (non-hydrogen) atoms. The van der Waals surface area contributed by atoms with Crippen molar-refractivity contribution >= 4 is 17.9 Å². The molecule has 0 heterocycles. The average Bonchev–Trinajstić information content (AvgIpc) is 1.86. The number of hydrogen-bond donors (Lipinski definition) is 1. The van der Waals surface area contributed by atoms with Gasteiger partial charge in [0.2, 0.25) is 0 Å². The quantitative estimate of drug-likeness (QED) is 0.483. The molecule has 0 rings (SSSR count). The number of carbonyl (C=O) groups excluding carboxylic acids is 3. The molecule has 0 spiro atoms. The summed E-state index contributed by atoms with van der Waals surface area (Å²) in [4.78, 5) is 26.7. The predicted molar refractivity (Wildman–Crippen MR) is 38.7 cm³/mol. The summed E-state index contributed by atoms with van der Waals surface area (Å²) < 4.78 is 8.34. The second-order valence-electron chi connectivity index (χ2n) is 1.47. The SMILES string of the molecule is CC(=O)[O-].CC(=O)[O-].CC(=O)[O-].[NH4+].[O]=[Zr+2]. The zero-order valence-electron chi connectivity index (χ0n) is 8.86. The Hall–Kier alpha value is -0.947. The Morgan fingerprint density at radius 3 is 0.733 bits per heavy atom. The van der Waals surface area contributed by atoms with Crippen molar-refractivity contribution in [3.05, 3.63) is 0 Å². The minimum atomic E-state index is -1.08. The van der Waals surface area contributed by atoms with Gasteiger partial charge >= 0.3 is 27.5 Å². The molecule has 4 N–H and O–H groups in total. The third kappa shape index (κ3) is 1780. The van der Waals surface area contributed by atoms with Crippen LogP contribution in [0.3, 0.4) is 0 Å². The Morgan fingerprint density at radius 1 is 0.733 bits per heavy atom. The fraction of sp³-hybridized carbons (Fsp3) is 0.500. The monoisotopic (exact) mass is 301 g/mol. The number of carboxylic acids is 3. The Kier molecular flexibility index (Phi) is 57.0. The molecule has 0 saturated carbocycles. The van der Waals surface area contributed by atoms with Crippen molar-refractivity contribution in [1.82, 2.24) is 6.15 Å². The van der Waals surface area contributed by atoms with Crippen LogP contribution >= 0.6 is 0 Å². The van der Waals surface area contributed by atoms with E-state index in [2.05, 4.69) is 0 Å². The molecule has 9 heteroatoms. The van der Waals surface area contributed by atoms with Crippen molar-refractivity contribution in [2.75, 3.05) is 0 Å². The summed E-state index contributed by atoms with van der Waals surface area (Å²) in [5, 5.41) is 26.7. The summed E-state index contributed by atoms with van der Waals surface area (Å²) in [5.41, 5.74) is 0. The van der Waals surface area contributed by atoms with E-state index in [-0.39, 0.29) is 6.15 Å². The van der Waals surface area contributed by atoms with Gasteiger partial charge in [-0.3, -0.25) is 0 Å². The van der Waals surface area contributed by atoms with E-state index in [1.165, 1.54) is 0 Å². The van der Waals surface area contributed by atoms with Crippen LogP contribution in [0.2, 0.25) is 0 Å². The Balaban J connectivity index is -0.0000000298. The third-order valence-corrected chi connectivity index (χ3v) is 0. The molecule has 0 aliphatic rings. The number of quaternary nitrogens is 1. The fourth-order valence-electron chi connectivity index (χ4n) is 0. The van der Waals surface area contributed by atoms with Gasteiger partial charge < -0.3 is 35.9 Å². The summed E-state index contributed by atoms with van der Waals surface area (Å²) in [7, 11) is 0. The molecule has 0 saturated heterocycles. The van der Waals surface area contributed by atoms with Crippen LogP contribution in [0.4, 0.5) is 0 Å². The summed E-state index contributed by atoms with van der Waals surface area (Å²) >= 11 is 0.300. The van der Waals surface area contributed by atoms with Gasteiger partial charge in [0.15, 0.2) is 0 Å². The molecular weight excluding hydrogens is 289 g/mol. The molecule has 0 radical (unpaired) electrons. The number of aliphatic carboxylic acids is 3. The normalized spacial score (nSPS) is 5.40. The van der Waals surface area contributed by atoms with Crippen molar-refractivity contribution in [3.63, 3.8) is 0 Å². The van der Waals surface area contributed by atoms with E-state index < -0.39 is 17.9 Å². The first-order valence-electron chi connectivity index (χ1n) is 2.93. The van der Waals surface area contributed by atoms with Crippen LogP contribution in [-0.2, 0) is 41.9 Å². The number of carbonyl (C=O) groups is 3. The van der Waals surface area contributed by atoms with E-state index in [0.29, 0.717) is 24.7 Å². The summed E-state index contributed by atoms with van der Waals surface area (Å²) in [6.07, 6.45) is 0. The molecule has 8 nitrogen and oxygen atoms in total. The van der Waals surface area contributed by atoms with Crippen LogP contribution < -0.4 is 21.5 Å². The molecular formula is C6H13NO7Zr. The summed E-state index contributed by atoms with van der Waals surface area (Å²) in [5.74, 6) is -3.25. The molecule has 0 unspecified atom stereocenters. The van der Waals surface area contributed by atoms with Crippen LogP contribution in [0.25, 0.3) is 0 Å². The third-order valence-electron chi connectivity index (χ3n) is 0. The number of rotatable bonds is 0. The molecule has 0 aromatic rings. The molecule has 0 atom stereocenters. The molecule has 0 aromatic heterocycles. The first-order valence-corrected chi connectivity index (χ1v) is 3.93. The van der Waals surface area contributed by atoms with E-state index >= 15 is 0 Å². The summed E-state index contributed by atoms with van der Waals surface area (Å²) in [6.45, 7) is 2.92.